The second-order valence-electron chi connectivity index (χ2n) is 10.5. The van der Waals surface area contributed by atoms with Crippen molar-refractivity contribution < 1.29 is 19.5 Å². The molecule has 1 saturated heterocycles. The summed E-state index contributed by atoms with van der Waals surface area (Å²) >= 11 is 1.77. The third-order valence-electron chi connectivity index (χ3n) is 5.90. The summed E-state index contributed by atoms with van der Waals surface area (Å²) in [6.07, 6.45) is 1.61. The Labute approximate surface area is 192 Å². The van der Waals surface area contributed by atoms with Crippen LogP contribution in [-0.4, -0.2) is 82.0 Å². The van der Waals surface area contributed by atoms with Gasteiger partial charge in [-0.25, -0.2) is 4.79 Å². The molecule has 3 atom stereocenters. The van der Waals surface area contributed by atoms with E-state index in [1.54, 1.807) is 29.8 Å². The van der Waals surface area contributed by atoms with Gasteiger partial charge < -0.3 is 15.3 Å². The molecule has 2 unspecified atom stereocenters. The van der Waals surface area contributed by atoms with Gasteiger partial charge in [0, 0.05) is 29.7 Å². The topological polar surface area (TPSA) is 90.0 Å². The molecule has 2 N–H and O–H groups in total. The van der Waals surface area contributed by atoms with Crippen molar-refractivity contribution in [1.29, 1.82) is 0 Å². The molecule has 31 heavy (non-hydrogen) atoms. The smallest absolute Gasteiger partial charge is 0.331 e. The lowest BCUT2D eigenvalue weighted by molar-refractivity contribution is -0.141. The van der Waals surface area contributed by atoms with E-state index in [-0.39, 0.29) is 34.1 Å². The number of aliphatic carboxylic acids is 1. The molecule has 7 nitrogen and oxygen atoms in total. The third-order valence-corrected chi connectivity index (χ3v) is 7.26. The van der Waals surface area contributed by atoms with E-state index in [9.17, 15) is 19.5 Å². The van der Waals surface area contributed by atoms with Gasteiger partial charge in [-0.15, -0.1) is 0 Å². The number of carbonyl (C=O) groups excluding carboxylic acids is 2. The number of nitrogens with one attached hydrogen (secondary N) is 1. The Morgan fingerprint density at radius 3 is 2.23 bits per heavy atom. The van der Waals surface area contributed by atoms with E-state index in [1.165, 1.54) is 6.92 Å². The molecule has 0 aliphatic carbocycles. The van der Waals surface area contributed by atoms with Crippen LogP contribution in [0, 0.1) is 11.3 Å². The van der Waals surface area contributed by atoms with Crippen molar-refractivity contribution in [1.82, 2.24) is 15.1 Å². The fraction of sp³-hybridized carbons (Fsp3) is 0.783. The van der Waals surface area contributed by atoms with Gasteiger partial charge in [0.2, 0.25) is 11.8 Å². The lowest BCUT2D eigenvalue weighted by Crippen LogP contribution is -2.63. The quantitative estimate of drug-likeness (QED) is 0.574. The molecule has 8 heteroatoms. The lowest BCUT2D eigenvalue weighted by Gasteiger charge is -2.44. The zero-order chi connectivity index (χ0) is 24.3. The van der Waals surface area contributed by atoms with Gasteiger partial charge in [0.05, 0.1) is 6.04 Å². The van der Waals surface area contributed by atoms with E-state index in [2.05, 4.69) is 24.1 Å². The predicted molar refractivity (Wildman–Crippen MR) is 127 cm³/mol. The molecule has 1 aliphatic rings. The highest BCUT2D eigenvalue weighted by Gasteiger charge is 2.44. The van der Waals surface area contributed by atoms with Gasteiger partial charge in [0.1, 0.15) is 12.1 Å². The molecule has 0 bridgehead atoms. The molecule has 1 fully saturated rings. The first kappa shape index (κ1) is 27.5. The van der Waals surface area contributed by atoms with Crippen molar-refractivity contribution in [3.8, 4) is 0 Å². The van der Waals surface area contributed by atoms with E-state index in [0.29, 0.717) is 0 Å². The first-order valence-electron chi connectivity index (χ1n) is 10.8. The number of hydrogen-bond donors (Lipinski definition) is 2. The number of carbonyl (C=O) groups is 3. The molecule has 1 heterocycles. The number of nitrogens with zero attached hydrogens (tertiary/aromatic N) is 2. The Balaban J connectivity index is 3.21. The molecule has 2 amide bonds. The second-order valence-corrected chi connectivity index (χ2v) is 12.2. The summed E-state index contributed by atoms with van der Waals surface area (Å²) in [4.78, 5) is 41.9. The standard InChI is InChI=1S/C23H41N3O4S/c1-14(2)16(13-15(3)21(29)30)26(10)20(28)17(22(4,5)6)24-19(27)18-23(7,8)31-12-11-25(18)9/h13-14,16-18H,11-12H2,1-10H3,(H,24,27)(H,29,30)/b15-13+/t16?,17?,18-/m1/s1. The molecule has 1 aliphatic heterocycles. The normalized spacial score (nSPS) is 22.0. The van der Waals surface area contributed by atoms with Crippen molar-refractivity contribution in [2.75, 3.05) is 26.4 Å². The molecule has 0 aromatic carbocycles. The van der Waals surface area contributed by atoms with Gasteiger partial charge in [0.25, 0.3) is 0 Å². The summed E-state index contributed by atoms with van der Waals surface area (Å²) in [6.45, 7) is 16.1. The largest absolute Gasteiger partial charge is 0.478 e. The van der Waals surface area contributed by atoms with Crippen LogP contribution in [0.5, 0.6) is 0 Å². The minimum atomic E-state index is -1.01. The van der Waals surface area contributed by atoms with Gasteiger partial charge in [-0.05, 0) is 39.2 Å². The Bertz CT molecular complexity index is 712. The van der Waals surface area contributed by atoms with Crippen LogP contribution in [-0.2, 0) is 14.4 Å². The minimum Gasteiger partial charge on any atom is -0.478 e. The highest BCUT2D eigenvalue weighted by Crippen LogP contribution is 2.35. The third kappa shape index (κ3) is 6.97. The van der Waals surface area contributed by atoms with Crippen molar-refractivity contribution in [2.45, 2.75) is 78.3 Å². The number of thioether (sulfide) groups is 1. The molecule has 0 spiro atoms. The van der Waals surface area contributed by atoms with Crippen LogP contribution in [0.4, 0.5) is 0 Å². The average molecular weight is 456 g/mol. The van der Waals surface area contributed by atoms with Crippen molar-refractivity contribution in [3.63, 3.8) is 0 Å². The van der Waals surface area contributed by atoms with Gasteiger partial charge in [0.15, 0.2) is 0 Å². The van der Waals surface area contributed by atoms with Gasteiger partial charge in [-0.2, -0.15) is 11.8 Å². The van der Waals surface area contributed by atoms with E-state index in [0.717, 1.165) is 12.3 Å². The number of amides is 2. The molecule has 0 aromatic rings. The number of likely N-dealkylation sites (N-methyl/N-ethyl adjacent to an activating group) is 2. The molecular weight excluding hydrogens is 414 g/mol. The summed E-state index contributed by atoms with van der Waals surface area (Å²) in [5.74, 6) is -0.410. The summed E-state index contributed by atoms with van der Waals surface area (Å²) in [5.41, 5.74) is -0.323. The summed E-state index contributed by atoms with van der Waals surface area (Å²) in [6, 6.07) is -1.47. The highest BCUT2D eigenvalue weighted by atomic mass is 32.2. The maximum atomic E-state index is 13.6. The Morgan fingerprint density at radius 2 is 1.81 bits per heavy atom. The van der Waals surface area contributed by atoms with Gasteiger partial charge >= 0.3 is 5.97 Å². The fourth-order valence-electron chi connectivity index (χ4n) is 4.01. The Hall–Kier alpha value is -1.54. The second kappa shape index (κ2) is 10.4. The van der Waals surface area contributed by atoms with Crippen LogP contribution in [0.15, 0.2) is 11.6 Å². The van der Waals surface area contributed by atoms with E-state index in [4.69, 9.17) is 0 Å². The SMILES string of the molecule is C/C(=C\C(C(C)C)N(C)C(=O)C(NC(=O)[C@H]1N(C)CCSC1(C)C)C(C)(C)C)C(=O)O. The maximum absolute atomic E-state index is 13.6. The minimum absolute atomic E-state index is 0.0133. The highest BCUT2D eigenvalue weighted by molar-refractivity contribution is 8.00. The van der Waals surface area contributed by atoms with Crippen LogP contribution < -0.4 is 5.32 Å². The van der Waals surface area contributed by atoms with Crippen molar-refractivity contribution in [3.05, 3.63) is 11.6 Å². The summed E-state index contributed by atoms with van der Waals surface area (Å²) in [7, 11) is 3.62. The van der Waals surface area contributed by atoms with Crippen LogP contribution >= 0.6 is 11.8 Å². The summed E-state index contributed by atoms with van der Waals surface area (Å²) in [5, 5.41) is 12.3. The number of carboxylic acid groups (broad SMARTS) is 1. The van der Waals surface area contributed by atoms with E-state index >= 15 is 0 Å². The van der Waals surface area contributed by atoms with Crippen LogP contribution in [0.3, 0.4) is 0 Å². The molecular formula is C23H41N3O4S. The maximum Gasteiger partial charge on any atom is 0.331 e. The summed E-state index contributed by atoms with van der Waals surface area (Å²) < 4.78 is -0.268. The van der Waals surface area contributed by atoms with Crippen molar-refractivity contribution >= 4 is 29.5 Å². The van der Waals surface area contributed by atoms with Crippen molar-refractivity contribution in [2.24, 2.45) is 11.3 Å². The number of rotatable bonds is 7. The van der Waals surface area contributed by atoms with Crippen LogP contribution in [0.2, 0.25) is 0 Å². The lowest BCUT2D eigenvalue weighted by atomic mass is 9.84. The predicted octanol–water partition coefficient (Wildman–Crippen LogP) is 2.86. The van der Waals surface area contributed by atoms with E-state index in [1.807, 2.05) is 41.7 Å². The van der Waals surface area contributed by atoms with Gasteiger partial charge in [-0.3, -0.25) is 14.5 Å². The number of hydrogen-bond acceptors (Lipinski definition) is 5. The Kier molecular flexibility index (Phi) is 9.21. The van der Waals surface area contributed by atoms with Crippen LogP contribution in [0.1, 0.15) is 55.4 Å². The zero-order valence-corrected chi connectivity index (χ0v) is 21.6. The molecule has 1 rings (SSSR count). The first-order chi connectivity index (χ1) is 14.0. The molecule has 0 radical (unpaired) electrons. The van der Waals surface area contributed by atoms with E-state index < -0.39 is 23.5 Å². The first-order valence-corrected chi connectivity index (χ1v) is 11.8. The molecule has 178 valence electrons. The number of carboxylic acids is 1. The average Bonchev–Trinajstić information content (AvgIpc) is 2.60. The van der Waals surface area contributed by atoms with Crippen LogP contribution in [0.25, 0.3) is 0 Å². The Morgan fingerprint density at radius 1 is 1.26 bits per heavy atom. The van der Waals surface area contributed by atoms with Gasteiger partial charge in [-0.1, -0.05) is 40.7 Å². The molecule has 0 aromatic heterocycles. The molecule has 0 saturated carbocycles. The fourth-order valence-corrected chi connectivity index (χ4v) is 5.36. The zero-order valence-electron chi connectivity index (χ0n) is 20.8. The monoisotopic (exact) mass is 455 g/mol.